The van der Waals surface area contributed by atoms with Crippen LogP contribution < -0.4 is 0 Å². The van der Waals surface area contributed by atoms with Crippen molar-refractivity contribution in [2.24, 2.45) is 0 Å². The highest BCUT2D eigenvalue weighted by Gasteiger charge is 2.36. The Bertz CT molecular complexity index is 501. The van der Waals surface area contributed by atoms with Gasteiger partial charge in [0, 0.05) is 13.1 Å². The van der Waals surface area contributed by atoms with Gasteiger partial charge in [-0.3, -0.25) is 4.79 Å². The molecule has 1 N–H and O–H groups in total. The summed E-state index contributed by atoms with van der Waals surface area (Å²) in [6, 6.07) is 2.59. The quantitative estimate of drug-likeness (QED) is 0.798. The van der Waals surface area contributed by atoms with Crippen molar-refractivity contribution in [3.63, 3.8) is 0 Å². The number of nitrogens with zero attached hydrogens (tertiary/aromatic N) is 1. The van der Waals surface area contributed by atoms with Crippen LogP contribution in [0.2, 0.25) is 0 Å². The maximum atomic E-state index is 13.7. The molecule has 1 aliphatic rings. The minimum Gasteiger partial charge on any atom is -0.391 e. The van der Waals surface area contributed by atoms with Crippen LogP contribution >= 0.6 is 0 Å². The average molecular weight is 277 g/mol. The Labute approximate surface area is 106 Å². The summed E-state index contributed by atoms with van der Waals surface area (Å²) >= 11 is 0. The van der Waals surface area contributed by atoms with Crippen LogP contribution in [0, 0.1) is 5.82 Å². The fourth-order valence-corrected chi connectivity index (χ4v) is 2.01. The first kappa shape index (κ1) is 13.8. The molecule has 1 fully saturated rings. The number of benzene rings is 1. The van der Waals surface area contributed by atoms with E-state index < -0.39 is 35.1 Å². The number of halogens is 4. The van der Waals surface area contributed by atoms with Crippen molar-refractivity contribution in [2.45, 2.75) is 18.7 Å². The minimum atomic E-state index is -4.84. The van der Waals surface area contributed by atoms with E-state index in [-0.39, 0.29) is 13.1 Å². The van der Waals surface area contributed by atoms with Gasteiger partial charge in [-0.15, -0.1) is 0 Å². The highest BCUT2D eigenvalue weighted by molar-refractivity contribution is 5.95. The highest BCUT2D eigenvalue weighted by Crippen LogP contribution is 2.32. The summed E-state index contributed by atoms with van der Waals surface area (Å²) in [5.74, 6) is -2.40. The molecule has 7 heteroatoms. The maximum absolute atomic E-state index is 13.7. The maximum Gasteiger partial charge on any atom is 0.419 e. The SMILES string of the molecule is O=C(c1cccc(C(F)(F)F)c1F)N1CC[C@H](O)C1. The Morgan fingerprint density at radius 3 is 2.58 bits per heavy atom. The van der Waals surface area contributed by atoms with E-state index >= 15 is 0 Å². The molecular formula is C12H11F4NO2. The lowest BCUT2D eigenvalue weighted by atomic mass is 10.1. The zero-order chi connectivity index (χ0) is 14.2. The highest BCUT2D eigenvalue weighted by atomic mass is 19.4. The lowest BCUT2D eigenvalue weighted by molar-refractivity contribution is -0.140. The Hall–Kier alpha value is -1.63. The third-order valence-corrected chi connectivity index (χ3v) is 2.99. The second-order valence-electron chi connectivity index (χ2n) is 4.36. The number of rotatable bonds is 1. The van der Waals surface area contributed by atoms with Gasteiger partial charge >= 0.3 is 6.18 Å². The molecule has 1 aliphatic heterocycles. The normalized spacial score (nSPS) is 19.8. The van der Waals surface area contributed by atoms with Crippen molar-refractivity contribution >= 4 is 5.91 Å². The smallest absolute Gasteiger partial charge is 0.391 e. The Kier molecular flexibility index (Phi) is 3.49. The molecule has 0 radical (unpaired) electrons. The van der Waals surface area contributed by atoms with Gasteiger partial charge in [-0.25, -0.2) is 4.39 Å². The van der Waals surface area contributed by atoms with Crippen LogP contribution in [0.5, 0.6) is 0 Å². The summed E-state index contributed by atoms with van der Waals surface area (Å²) in [6.07, 6.45) is -5.21. The zero-order valence-electron chi connectivity index (χ0n) is 9.75. The summed E-state index contributed by atoms with van der Waals surface area (Å²) in [7, 11) is 0. The van der Waals surface area contributed by atoms with Crippen LogP contribution in [0.3, 0.4) is 0 Å². The molecule has 0 bridgehead atoms. The average Bonchev–Trinajstić information content (AvgIpc) is 2.74. The van der Waals surface area contributed by atoms with Gasteiger partial charge in [0.05, 0.1) is 17.2 Å². The van der Waals surface area contributed by atoms with Crippen LogP contribution in [0.4, 0.5) is 17.6 Å². The molecule has 1 aromatic carbocycles. The van der Waals surface area contributed by atoms with Crippen LogP contribution in [0.15, 0.2) is 18.2 Å². The monoisotopic (exact) mass is 277 g/mol. The number of aliphatic hydroxyl groups is 1. The van der Waals surface area contributed by atoms with Crippen molar-refractivity contribution < 1.29 is 27.5 Å². The molecule has 0 saturated carbocycles. The summed E-state index contributed by atoms with van der Waals surface area (Å²) in [4.78, 5) is 13.0. The first-order chi connectivity index (χ1) is 8.80. The van der Waals surface area contributed by atoms with E-state index in [1.165, 1.54) is 0 Å². The Morgan fingerprint density at radius 1 is 1.37 bits per heavy atom. The van der Waals surface area contributed by atoms with E-state index in [0.29, 0.717) is 12.5 Å². The Morgan fingerprint density at radius 2 is 2.05 bits per heavy atom. The molecule has 0 unspecified atom stereocenters. The molecule has 3 nitrogen and oxygen atoms in total. The van der Waals surface area contributed by atoms with Crippen molar-refractivity contribution in [1.29, 1.82) is 0 Å². The topological polar surface area (TPSA) is 40.5 Å². The second-order valence-corrected chi connectivity index (χ2v) is 4.36. The van der Waals surface area contributed by atoms with Crippen molar-refractivity contribution in [2.75, 3.05) is 13.1 Å². The molecule has 0 aromatic heterocycles. The number of carbonyl (C=O) groups excluding carboxylic acids is 1. The van der Waals surface area contributed by atoms with E-state index in [9.17, 15) is 27.5 Å². The molecular weight excluding hydrogens is 266 g/mol. The molecule has 2 rings (SSSR count). The van der Waals surface area contributed by atoms with Crippen molar-refractivity contribution in [3.05, 3.63) is 35.1 Å². The molecule has 1 heterocycles. The minimum absolute atomic E-state index is 0.00845. The molecule has 0 spiro atoms. The van der Waals surface area contributed by atoms with E-state index in [1.54, 1.807) is 0 Å². The predicted molar refractivity (Wildman–Crippen MR) is 57.9 cm³/mol. The van der Waals surface area contributed by atoms with Crippen LogP contribution in [-0.2, 0) is 6.18 Å². The van der Waals surface area contributed by atoms with Gasteiger partial charge in [-0.05, 0) is 18.6 Å². The van der Waals surface area contributed by atoms with E-state index in [0.717, 1.165) is 17.0 Å². The summed E-state index contributed by atoms with van der Waals surface area (Å²) < 4.78 is 51.3. The number of alkyl halides is 3. The number of carbonyl (C=O) groups is 1. The zero-order valence-corrected chi connectivity index (χ0v) is 9.75. The lowest BCUT2D eigenvalue weighted by Gasteiger charge is -2.17. The fraction of sp³-hybridized carbons (Fsp3) is 0.417. The van der Waals surface area contributed by atoms with Crippen LogP contribution in [0.25, 0.3) is 0 Å². The van der Waals surface area contributed by atoms with Gasteiger partial charge in [-0.2, -0.15) is 13.2 Å². The number of hydrogen-bond donors (Lipinski definition) is 1. The molecule has 0 aliphatic carbocycles. The first-order valence-electron chi connectivity index (χ1n) is 5.63. The number of amides is 1. The fourth-order valence-electron chi connectivity index (χ4n) is 2.01. The summed E-state index contributed by atoms with van der Waals surface area (Å²) in [5, 5.41) is 9.28. The number of hydrogen-bond acceptors (Lipinski definition) is 2. The summed E-state index contributed by atoms with van der Waals surface area (Å²) in [5.41, 5.74) is -2.08. The van der Waals surface area contributed by atoms with Gasteiger partial charge in [0.15, 0.2) is 0 Å². The van der Waals surface area contributed by atoms with E-state index in [4.69, 9.17) is 0 Å². The molecule has 1 atom stereocenters. The number of aliphatic hydroxyl groups excluding tert-OH is 1. The Balaban J connectivity index is 2.33. The van der Waals surface area contributed by atoms with Gasteiger partial charge in [0.25, 0.3) is 5.91 Å². The van der Waals surface area contributed by atoms with Gasteiger partial charge in [0.1, 0.15) is 5.82 Å². The van der Waals surface area contributed by atoms with E-state index in [2.05, 4.69) is 0 Å². The van der Waals surface area contributed by atoms with Crippen molar-refractivity contribution in [1.82, 2.24) is 4.90 Å². The van der Waals surface area contributed by atoms with Crippen LogP contribution in [-0.4, -0.2) is 35.1 Å². The third kappa shape index (κ3) is 2.70. The molecule has 104 valence electrons. The predicted octanol–water partition coefficient (Wildman–Crippen LogP) is 2.05. The molecule has 1 saturated heterocycles. The first-order valence-corrected chi connectivity index (χ1v) is 5.63. The molecule has 1 amide bonds. The second kappa shape index (κ2) is 4.80. The lowest BCUT2D eigenvalue weighted by Crippen LogP contribution is -2.30. The number of likely N-dealkylation sites (tertiary alicyclic amines) is 1. The number of β-amino-alcohol motifs (C(OH)–C–C–N with tert-alkyl or cyclic N) is 1. The van der Waals surface area contributed by atoms with Gasteiger partial charge < -0.3 is 10.0 Å². The van der Waals surface area contributed by atoms with E-state index in [1.807, 2.05) is 0 Å². The van der Waals surface area contributed by atoms with Gasteiger partial charge in [0.2, 0.25) is 0 Å². The van der Waals surface area contributed by atoms with Crippen LogP contribution in [0.1, 0.15) is 22.3 Å². The third-order valence-electron chi connectivity index (χ3n) is 2.99. The standard InChI is InChI=1S/C12H11F4NO2/c13-10-8(2-1-3-9(10)12(14,15)16)11(19)17-5-4-7(18)6-17/h1-3,7,18H,4-6H2/t7-/m0/s1. The summed E-state index contributed by atoms with van der Waals surface area (Å²) in [6.45, 7) is 0.213. The molecule has 1 aromatic rings. The van der Waals surface area contributed by atoms with Gasteiger partial charge in [-0.1, -0.05) is 6.07 Å². The molecule has 19 heavy (non-hydrogen) atoms. The largest absolute Gasteiger partial charge is 0.419 e. The van der Waals surface area contributed by atoms with Crippen molar-refractivity contribution in [3.8, 4) is 0 Å².